The smallest absolute Gasteiger partial charge is 0.164 e. The van der Waals surface area contributed by atoms with Crippen LogP contribution in [0.5, 0.6) is 0 Å². The SMILES string of the molecule is OC1=CCCC(C2=COC=CO2)=C1. The monoisotopic (exact) mass is 178 g/mol. The lowest BCUT2D eigenvalue weighted by atomic mass is 10.0. The van der Waals surface area contributed by atoms with E-state index in [2.05, 4.69) is 0 Å². The van der Waals surface area contributed by atoms with Crippen LogP contribution in [0.3, 0.4) is 0 Å². The van der Waals surface area contributed by atoms with Gasteiger partial charge in [-0.3, -0.25) is 0 Å². The standard InChI is InChI=1S/C10H10O3/c11-9-3-1-2-8(6-9)10-7-12-4-5-13-10/h3-7,11H,1-2H2. The van der Waals surface area contributed by atoms with Crippen molar-refractivity contribution in [2.45, 2.75) is 12.8 Å². The van der Waals surface area contributed by atoms with Crippen molar-refractivity contribution < 1.29 is 14.6 Å². The van der Waals surface area contributed by atoms with Gasteiger partial charge >= 0.3 is 0 Å². The third-order valence-corrected chi connectivity index (χ3v) is 1.91. The van der Waals surface area contributed by atoms with E-state index in [0.717, 1.165) is 18.4 Å². The molecule has 0 saturated carbocycles. The second-order valence-corrected chi connectivity index (χ2v) is 2.85. The molecule has 0 unspecified atom stereocenters. The van der Waals surface area contributed by atoms with E-state index in [1.165, 1.54) is 18.8 Å². The van der Waals surface area contributed by atoms with Gasteiger partial charge in [0.1, 0.15) is 24.5 Å². The van der Waals surface area contributed by atoms with Crippen LogP contribution >= 0.6 is 0 Å². The molecule has 0 aromatic carbocycles. The summed E-state index contributed by atoms with van der Waals surface area (Å²) in [5.41, 5.74) is 0.962. The predicted octanol–water partition coefficient (Wildman–Crippen LogP) is 2.51. The first kappa shape index (κ1) is 7.98. The van der Waals surface area contributed by atoms with Crippen molar-refractivity contribution in [1.29, 1.82) is 0 Å². The van der Waals surface area contributed by atoms with Gasteiger partial charge in [-0.15, -0.1) is 0 Å². The summed E-state index contributed by atoms with van der Waals surface area (Å²) in [6.07, 6.45) is 9.65. The molecule has 0 amide bonds. The average Bonchev–Trinajstić information content (AvgIpc) is 2.19. The summed E-state index contributed by atoms with van der Waals surface area (Å²) in [7, 11) is 0. The Morgan fingerprint density at radius 3 is 2.92 bits per heavy atom. The summed E-state index contributed by atoms with van der Waals surface area (Å²) >= 11 is 0. The first-order valence-electron chi connectivity index (χ1n) is 4.13. The summed E-state index contributed by atoms with van der Waals surface area (Å²) < 4.78 is 10.2. The molecule has 68 valence electrons. The average molecular weight is 178 g/mol. The van der Waals surface area contributed by atoms with Crippen LogP contribution in [0, 0.1) is 0 Å². The van der Waals surface area contributed by atoms with Crippen LogP contribution in [-0.4, -0.2) is 5.11 Å². The van der Waals surface area contributed by atoms with Crippen molar-refractivity contribution in [3.05, 3.63) is 48.0 Å². The summed E-state index contributed by atoms with van der Waals surface area (Å²) in [5.74, 6) is 0.961. The molecule has 2 rings (SSSR count). The van der Waals surface area contributed by atoms with Gasteiger partial charge in [0.15, 0.2) is 5.76 Å². The fourth-order valence-electron chi connectivity index (χ4n) is 1.29. The molecule has 0 aromatic rings. The molecule has 0 aromatic heterocycles. The highest BCUT2D eigenvalue weighted by molar-refractivity contribution is 5.34. The topological polar surface area (TPSA) is 38.7 Å². The van der Waals surface area contributed by atoms with E-state index in [4.69, 9.17) is 9.47 Å². The Kier molecular flexibility index (Phi) is 2.08. The molecular formula is C10H10O3. The maximum Gasteiger partial charge on any atom is 0.164 e. The van der Waals surface area contributed by atoms with Crippen LogP contribution < -0.4 is 0 Å². The quantitative estimate of drug-likeness (QED) is 0.670. The Morgan fingerprint density at radius 1 is 1.31 bits per heavy atom. The minimum atomic E-state index is 0.292. The molecule has 1 heterocycles. The van der Waals surface area contributed by atoms with Gasteiger partial charge < -0.3 is 14.6 Å². The zero-order valence-electron chi connectivity index (χ0n) is 7.06. The van der Waals surface area contributed by atoms with Crippen LogP contribution in [0.2, 0.25) is 0 Å². The summed E-state index contributed by atoms with van der Waals surface area (Å²) in [6, 6.07) is 0. The molecule has 3 nitrogen and oxygen atoms in total. The molecule has 3 heteroatoms. The zero-order valence-corrected chi connectivity index (χ0v) is 7.06. The Bertz CT molecular complexity index is 321. The highest BCUT2D eigenvalue weighted by Crippen LogP contribution is 2.25. The minimum absolute atomic E-state index is 0.292. The third-order valence-electron chi connectivity index (χ3n) is 1.91. The number of rotatable bonds is 1. The second kappa shape index (κ2) is 3.39. The molecule has 0 fully saturated rings. The van der Waals surface area contributed by atoms with Gasteiger partial charge in [-0.1, -0.05) is 0 Å². The molecule has 1 N–H and O–H groups in total. The fraction of sp³-hybridized carbons (Fsp3) is 0.200. The second-order valence-electron chi connectivity index (χ2n) is 2.85. The van der Waals surface area contributed by atoms with E-state index >= 15 is 0 Å². The molecule has 1 aliphatic carbocycles. The van der Waals surface area contributed by atoms with Crippen LogP contribution in [0.1, 0.15) is 12.8 Å². The van der Waals surface area contributed by atoms with Crippen molar-refractivity contribution in [3.63, 3.8) is 0 Å². The predicted molar refractivity (Wildman–Crippen MR) is 47.4 cm³/mol. The van der Waals surface area contributed by atoms with Crippen molar-refractivity contribution >= 4 is 0 Å². The van der Waals surface area contributed by atoms with E-state index < -0.39 is 0 Å². The first-order chi connectivity index (χ1) is 6.36. The number of aliphatic hydroxyl groups excluding tert-OH is 1. The van der Waals surface area contributed by atoms with Gasteiger partial charge in [-0.2, -0.15) is 0 Å². The van der Waals surface area contributed by atoms with E-state index in [0.29, 0.717) is 11.5 Å². The van der Waals surface area contributed by atoms with E-state index in [-0.39, 0.29) is 0 Å². The lowest BCUT2D eigenvalue weighted by Crippen LogP contribution is -2.00. The van der Waals surface area contributed by atoms with Crippen LogP contribution in [0.15, 0.2) is 48.0 Å². The van der Waals surface area contributed by atoms with Crippen LogP contribution in [0.4, 0.5) is 0 Å². The molecule has 2 aliphatic rings. The van der Waals surface area contributed by atoms with Crippen LogP contribution in [0.25, 0.3) is 0 Å². The van der Waals surface area contributed by atoms with E-state index in [1.54, 1.807) is 12.2 Å². The molecule has 1 aliphatic heterocycles. The minimum Gasteiger partial charge on any atom is -0.508 e. The molecule has 0 spiro atoms. The maximum absolute atomic E-state index is 9.25. The molecular weight excluding hydrogens is 168 g/mol. The van der Waals surface area contributed by atoms with Crippen molar-refractivity contribution in [3.8, 4) is 0 Å². The van der Waals surface area contributed by atoms with Crippen molar-refractivity contribution in [2.24, 2.45) is 0 Å². The maximum atomic E-state index is 9.25. The van der Waals surface area contributed by atoms with Gasteiger partial charge in [0.2, 0.25) is 0 Å². The number of hydrogen-bond acceptors (Lipinski definition) is 3. The summed E-state index contributed by atoms with van der Waals surface area (Å²) in [6.45, 7) is 0. The van der Waals surface area contributed by atoms with Gasteiger partial charge in [0.05, 0.1) is 0 Å². The largest absolute Gasteiger partial charge is 0.508 e. The Labute approximate surface area is 76.3 Å². The molecule has 0 saturated heterocycles. The Balaban J connectivity index is 2.16. The van der Waals surface area contributed by atoms with Crippen LogP contribution in [-0.2, 0) is 9.47 Å². The molecule has 0 atom stereocenters. The molecule has 0 radical (unpaired) electrons. The van der Waals surface area contributed by atoms with Crippen molar-refractivity contribution in [1.82, 2.24) is 0 Å². The van der Waals surface area contributed by atoms with E-state index in [1.807, 2.05) is 0 Å². The first-order valence-corrected chi connectivity index (χ1v) is 4.13. The fourth-order valence-corrected chi connectivity index (χ4v) is 1.29. The normalized spacial score (nSPS) is 20.8. The Hall–Kier alpha value is -1.64. The van der Waals surface area contributed by atoms with Gasteiger partial charge in [0, 0.05) is 5.57 Å². The zero-order chi connectivity index (χ0) is 9.10. The third kappa shape index (κ3) is 1.75. The highest BCUT2D eigenvalue weighted by Gasteiger charge is 2.12. The number of ether oxygens (including phenoxy) is 2. The van der Waals surface area contributed by atoms with Gasteiger partial charge in [0.25, 0.3) is 0 Å². The highest BCUT2D eigenvalue weighted by atomic mass is 16.5. The van der Waals surface area contributed by atoms with E-state index in [9.17, 15) is 5.11 Å². The van der Waals surface area contributed by atoms with Gasteiger partial charge in [-0.25, -0.2) is 0 Å². The summed E-state index contributed by atoms with van der Waals surface area (Å²) in [5, 5.41) is 9.25. The van der Waals surface area contributed by atoms with Crippen molar-refractivity contribution in [2.75, 3.05) is 0 Å². The van der Waals surface area contributed by atoms with Gasteiger partial charge in [-0.05, 0) is 25.0 Å². The molecule has 0 bridgehead atoms. The molecule has 13 heavy (non-hydrogen) atoms. The Morgan fingerprint density at radius 2 is 2.23 bits per heavy atom. The lowest BCUT2D eigenvalue weighted by molar-refractivity contribution is 0.261. The number of hydrogen-bond donors (Lipinski definition) is 1. The number of aliphatic hydroxyl groups is 1. The number of allylic oxidation sites excluding steroid dienone is 3. The lowest BCUT2D eigenvalue weighted by Gasteiger charge is -2.15. The summed E-state index contributed by atoms with van der Waals surface area (Å²) in [4.78, 5) is 0.